The van der Waals surface area contributed by atoms with Gasteiger partial charge in [-0.2, -0.15) is 0 Å². The summed E-state index contributed by atoms with van der Waals surface area (Å²) < 4.78 is 4.87. The van der Waals surface area contributed by atoms with Crippen molar-refractivity contribution in [2.24, 2.45) is 0 Å². The van der Waals surface area contributed by atoms with Crippen molar-refractivity contribution < 1.29 is 14.6 Å². The molecule has 0 aliphatic heterocycles. The molecule has 1 atom stereocenters. The van der Waals surface area contributed by atoms with Crippen molar-refractivity contribution in [3.05, 3.63) is 23.3 Å². The van der Waals surface area contributed by atoms with E-state index in [-0.39, 0.29) is 5.97 Å². The van der Waals surface area contributed by atoms with Gasteiger partial charge in [-0.1, -0.05) is 11.6 Å². The fraction of sp³-hybridized carbons (Fsp3) is 0.615. The summed E-state index contributed by atoms with van der Waals surface area (Å²) >= 11 is 0. The summed E-state index contributed by atoms with van der Waals surface area (Å²) in [5.74, 6) is -0.368. The lowest BCUT2D eigenvalue weighted by atomic mass is 9.89. The Morgan fingerprint density at radius 2 is 2.38 bits per heavy atom. The van der Waals surface area contributed by atoms with Gasteiger partial charge in [-0.25, -0.2) is 4.79 Å². The molecular formula is C13H20O3. The van der Waals surface area contributed by atoms with Crippen molar-refractivity contribution in [2.75, 3.05) is 6.61 Å². The number of hydrogen-bond acceptors (Lipinski definition) is 3. The third-order valence-corrected chi connectivity index (χ3v) is 2.86. The summed E-state index contributed by atoms with van der Waals surface area (Å²) in [6.45, 7) is 5.90. The minimum atomic E-state index is -0.902. The lowest BCUT2D eigenvalue weighted by Gasteiger charge is -2.24. The normalized spacial score (nSPS) is 28.5. The van der Waals surface area contributed by atoms with E-state index in [9.17, 15) is 9.90 Å². The summed E-state index contributed by atoms with van der Waals surface area (Å²) in [7, 11) is 0. The first-order valence-electron chi connectivity index (χ1n) is 5.71. The van der Waals surface area contributed by atoms with Crippen LogP contribution >= 0.6 is 0 Å². The van der Waals surface area contributed by atoms with Crippen LogP contribution in [0.3, 0.4) is 0 Å². The standard InChI is InChI=1S/C13H20O3/c1-4-16-12(14)9-11-8-10(2)6-5-7-13(11,3)15/h6,9,15H,4-5,7-8H2,1-3H3/b11-9+/t13-/m1/s1. The molecule has 0 aromatic heterocycles. The van der Waals surface area contributed by atoms with E-state index in [2.05, 4.69) is 6.08 Å². The molecule has 90 valence electrons. The Morgan fingerprint density at radius 3 is 3.00 bits per heavy atom. The van der Waals surface area contributed by atoms with Crippen LogP contribution in [-0.4, -0.2) is 23.3 Å². The Balaban J connectivity index is 2.88. The smallest absolute Gasteiger partial charge is 0.330 e. The second-order valence-corrected chi connectivity index (χ2v) is 4.46. The van der Waals surface area contributed by atoms with E-state index >= 15 is 0 Å². The molecule has 1 aliphatic carbocycles. The minimum absolute atomic E-state index is 0.361. The number of rotatable bonds is 2. The zero-order valence-electron chi connectivity index (χ0n) is 10.2. The molecule has 0 fully saturated rings. The molecule has 0 bridgehead atoms. The highest BCUT2D eigenvalue weighted by Crippen LogP contribution is 2.31. The minimum Gasteiger partial charge on any atom is -0.463 e. The molecule has 0 heterocycles. The largest absolute Gasteiger partial charge is 0.463 e. The van der Waals surface area contributed by atoms with E-state index in [0.29, 0.717) is 19.4 Å². The van der Waals surface area contributed by atoms with E-state index in [1.54, 1.807) is 13.8 Å². The van der Waals surface area contributed by atoms with Gasteiger partial charge in [0.15, 0.2) is 0 Å². The number of hydrogen-bond donors (Lipinski definition) is 1. The highest BCUT2D eigenvalue weighted by Gasteiger charge is 2.27. The molecule has 0 saturated carbocycles. The van der Waals surface area contributed by atoms with Crippen molar-refractivity contribution in [3.63, 3.8) is 0 Å². The number of ether oxygens (including phenoxy) is 1. The first kappa shape index (κ1) is 13.0. The molecule has 3 heteroatoms. The molecule has 0 saturated heterocycles. The van der Waals surface area contributed by atoms with Crippen molar-refractivity contribution in [1.82, 2.24) is 0 Å². The average Bonchev–Trinajstić information content (AvgIpc) is 2.27. The van der Waals surface area contributed by atoms with E-state index in [4.69, 9.17) is 4.74 Å². The van der Waals surface area contributed by atoms with Crippen molar-refractivity contribution in [3.8, 4) is 0 Å². The summed E-state index contributed by atoms with van der Waals surface area (Å²) in [5.41, 5.74) is 1.03. The van der Waals surface area contributed by atoms with Gasteiger partial charge in [0, 0.05) is 6.08 Å². The molecule has 3 nitrogen and oxygen atoms in total. The van der Waals surface area contributed by atoms with Crippen LogP contribution in [0.15, 0.2) is 23.3 Å². The Bertz CT molecular complexity index is 324. The number of carbonyl (C=O) groups is 1. The highest BCUT2D eigenvalue weighted by molar-refractivity contribution is 5.83. The van der Waals surface area contributed by atoms with E-state index in [0.717, 1.165) is 12.0 Å². The van der Waals surface area contributed by atoms with Gasteiger partial charge in [0.25, 0.3) is 0 Å². The lowest BCUT2D eigenvalue weighted by molar-refractivity contribution is -0.137. The predicted molar refractivity (Wildman–Crippen MR) is 62.9 cm³/mol. The average molecular weight is 224 g/mol. The number of esters is 1. The third-order valence-electron chi connectivity index (χ3n) is 2.86. The van der Waals surface area contributed by atoms with Crippen molar-refractivity contribution in [1.29, 1.82) is 0 Å². The van der Waals surface area contributed by atoms with Gasteiger partial charge in [-0.05, 0) is 45.6 Å². The maximum Gasteiger partial charge on any atom is 0.330 e. The molecule has 16 heavy (non-hydrogen) atoms. The van der Waals surface area contributed by atoms with Gasteiger partial charge in [0.2, 0.25) is 0 Å². The van der Waals surface area contributed by atoms with Gasteiger partial charge in [0.05, 0.1) is 12.2 Å². The van der Waals surface area contributed by atoms with Crippen LogP contribution in [0.4, 0.5) is 0 Å². The summed E-state index contributed by atoms with van der Waals surface area (Å²) in [6.07, 6.45) is 5.69. The summed E-state index contributed by atoms with van der Waals surface area (Å²) in [6, 6.07) is 0. The number of allylic oxidation sites excluding steroid dienone is 2. The quantitative estimate of drug-likeness (QED) is 0.445. The third kappa shape index (κ3) is 3.49. The summed E-state index contributed by atoms with van der Waals surface area (Å²) in [5, 5.41) is 10.2. The van der Waals surface area contributed by atoms with Crippen LogP contribution in [0.25, 0.3) is 0 Å². The SMILES string of the molecule is CCOC(=O)/C=C1\CC(C)=CCC[C@@]1(C)O. The van der Waals surface area contributed by atoms with Crippen LogP contribution in [0.5, 0.6) is 0 Å². The van der Waals surface area contributed by atoms with Gasteiger partial charge in [-0.3, -0.25) is 0 Å². The highest BCUT2D eigenvalue weighted by atomic mass is 16.5. The zero-order chi connectivity index (χ0) is 12.2. The van der Waals surface area contributed by atoms with Crippen LogP contribution < -0.4 is 0 Å². The lowest BCUT2D eigenvalue weighted by Crippen LogP contribution is -2.27. The maximum atomic E-state index is 11.4. The topological polar surface area (TPSA) is 46.5 Å². The van der Waals surface area contributed by atoms with Crippen LogP contribution in [0, 0.1) is 0 Å². The Morgan fingerprint density at radius 1 is 1.69 bits per heavy atom. The van der Waals surface area contributed by atoms with Crippen molar-refractivity contribution in [2.45, 2.75) is 45.6 Å². The van der Waals surface area contributed by atoms with Crippen molar-refractivity contribution >= 4 is 5.97 Å². The first-order valence-corrected chi connectivity index (χ1v) is 5.71. The Hall–Kier alpha value is -1.09. The monoisotopic (exact) mass is 224 g/mol. The fourth-order valence-electron chi connectivity index (χ4n) is 1.86. The molecule has 1 rings (SSSR count). The first-order chi connectivity index (χ1) is 7.45. The van der Waals surface area contributed by atoms with Crippen LogP contribution in [-0.2, 0) is 9.53 Å². The number of carbonyl (C=O) groups excluding carboxylic acids is 1. The van der Waals surface area contributed by atoms with Gasteiger partial charge in [-0.15, -0.1) is 0 Å². The fourth-order valence-corrected chi connectivity index (χ4v) is 1.86. The molecule has 1 N–H and O–H groups in total. The molecular weight excluding hydrogens is 204 g/mol. The second kappa shape index (κ2) is 5.30. The van der Waals surface area contributed by atoms with Gasteiger partial charge in [0.1, 0.15) is 0 Å². The Labute approximate surface area is 96.8 Å². The molecule has 1 aliphatic rings. The van der Waals surface area contributed by atoms with Gasteiger partial charge >= 0.3 is 5.97 Å². The molecule has 0 aromatic rings. The predicted octanol–water partition coefficient (Wildman–Crippen LogP) is 2.36. The van der Waals surface area contributed by atoms with Crippen LogP contribution in [0.2, 0.25) is 0 Å². The van der Waals surface area contributed by atoms with Gasteiger partial charge < -0.3 is 9.84 Å². The van der Waals surface area contributed by atoms with Crippen LogP contribution in [0.1, 0.15) is 40.0 Å². The molecule has 0 amide bonds. The van der Waals surface area contributed by atoms with E-state index < -0.39 is 5.60 Å². The molecule has 0 aromatic carbocycles. The second-order valence-electron chi connectivity index (χ2n) is 4.46. The molecule has 0 unspecified atom stereocenters. The summed E-state index contributed by atoms with van der Waals surface area (Å²) in [4.78, 5) is 11.4. The number of aliphatic hydroxyl groups is 1. The van der Waals surface area contributed by atoms with E-state index in [1.165, 1.54) is 11.6 Å². The van der Waals surface area contributed by atoms with E-state index in [1.807, 2.05) is 6.92 Å². The maximum absolute atomic E-state index is 11.4. The Kier molecular flexibility index (Phi) is 4.30. The zero-order valence-corrected chi connectivity index (χ0v) is 10.2. The molecule has 0 radical (unpaired) electrons. The molecule has 0 spiro atoms.